The fraction of sp³-hybridized carbons (Fsp3) is 0.105. The van der Waals surface area contributed by atoms with Crippen molar-refractivity contribution in [2.45, 2.75) is 6.54 Å². The van der Waals surface area contributed by atoms with Crippen LogP contribution in [-0.4, -0.2) is 39.1 Å². The minimum atomic E-state index is -0.444. The summed E-state index contributed by atoms with van der Waals surface area (Å²) < 4.78 is 0. The van der Waals surface area contributed by atoms with Crippen LogP contribution in [0, 0.1) is 0 Å². The van der Waals surface area contributed by atoms with Crippen molar-refractivity contribution in [2.75, 3.05) is 6.54 Å². The molecule has 134 valence electrons. The minimum absolute atomic E-state index is 0.234. The predicted octanol–water partition coefficient (Wildman–Crippen LogP) is 2.12. The number of amides is 3. The molecule has 3 aromatic rings. The zero-order valence-electron chi connectivity index (χ0n) is 14.1. The van der Waals surface area contributed by atoms with Gasteiger partial charge >= 0.3 is 0 Å². The number of pyridine rings is 1. The van der Waals surface area contributed by atoms with Crippen molar-refractivity contribution in [1.82, 2.24) is 20.2 Å². The molecule has 0 aliphatic carbocycles. The van der Waals surface area contributed by atoms with Crippen LogP contribution in [-0.2, 0) is 11.3 Å². The molecule has 1 aromatic carbocycles. The number of nitrogens with zero attached hydrogens (tertiary/aromatic N) is 3. The molecule has 0 spiro atoms. The average molecular weight is 378 g/mol. The van der Waals surface area contributed by atoms with E-state index in [0.717, 1.165) is 21.2 Å². The maximum absolute atomic E-state index is 12.3. The molecular weight excluding hydrogens is 364 g/mol. The number of rotatable bonds is 5. The lowest BCUT2D eigenvalue weighted by molar-refractivity contribution is -0.121. The second-order valence-corrected chi connectivity index (χ2v) is 6.82. The summed E-state index contributed by atoms with van der Waals surface area (Å²) in [6.45, 7) is -0.0767. The molecule has 0 saturated carbocycles. The molecule has 8 heteroatoms. The van der Waals surface area contributed by atoms with Gasteiger partial charge in [-0.15, -0.1) is 11.3 Å². The first-order valence-electron chi connectivity index (χ1n) is 8.20. The average Bonchev–Trinajstić information content (AvgIpc) is 3.27. The van der Waals surface area contributed by atoms with Crippen LogP contribution in [0.2, 0.25) is 0 Å². The van der Waals surface area contributed by atoms with Crippen LogP contribution in [0.25, 0.3) is 11.3 Å². The van der Waals surface area contributed by atoms with E-state index in [0.29, 0.717) is 11.1 Å². The number of benzene rings is 1. The van der Waals surface area contributed by atoms with E-state index < -0.39 is 17.7 Å². The van der Waals surface area contributed by atoms with Crippen molar-refractivity contribution in [3.63, 3.8) is 0 Å². The van der Waals surface area contributed by atoms with E-state index in [-0.39, 0.29) is 13.1 Å². The van der Waals surface area contributed by atoms with Crippen LogP contribution in [0.3, 0.4) is 0 Å². The molecule has 4 rings (SSSR count). The molecule has 0 fully saturated rings. The van der Waals surface area contributed by atoms with Gasteiger partial charge < -0.3 is 5.32 Å². The quantitative estimate of drug-likeness (QED) is 0.687. The highest BCUT2D eigenvalue weighted by Gasteiger charge is 2.36. The van der Waals surface area contributed by atoms with Crippen molar-refractivity contribution in [3.05, 3.63) is 70.3 Å². The van der Waals surface area contributed by atoms with Gasteiger partial charge in [0.2, 0.25) is 5.91 Å². The topological polar surface area (TPSA) is 92.3 Å². The molecule has 0 unspecified atom stereocenters. The monoisotopic (exact) mass is 378 g/mol. The largest absolute Gasteiger partial charge is 0.348 e. The Morgan fingerprint density at radius 3 is 2.37 bits per heavy atom. The number of thiazole rings is 1. The second kappa shape index (κ2) is 7.08. The number of hydrogen-bond acceptors (Lipinski definition) is 6. The molecule has 7 nitrogen and oxygen atoms in total. The van der Waals surface area contributed by atoms with Crippen LogP contribution in [0.15, 0.2) is 54.2 Å². The summed E-state index contributed by atoms with van der Waals surface area (Å²) in [4.78, 5) is 46.2. The Morgan fingerprint density at radius 2 is 1.70 bits per heavy atom. The Hall–Kier alpha value is -3.39. The summed E-state index contributed by atoms with van der Waals surface area (Å²) in [6, 6.07) is 10.3. The SMILES string of the molecule is O=C(CN1C(=O)c2ccccc2C1=O)NCc1nc(-c2ccncc2)cs1. The fourth-order valence-corrected chi connectivity index (χ4v) is 3.55. The third-order valence-corrected chi connectivity index (χ3v) is 4.99. The Balaban J connectivity index is 1.37. The molecule has 1 aliphatic heterocycles. The molecule has 2 aromatic heterocycles. The lowest BCUT2D eigenvalue weighted by atomic mass is 10.1. The van der Waals surface area contributed by atoms with Gasteiger partial charge in [-0.2, -0.15) is 0 Å². The van der Waals surface area contributed by atoms with E-state index in [4.69, 9.17) is 0 Å². The smallest absolute Gasteiger partial charge is 0.262 e. The number of hydrogen-bond donors (Lipinski definition) is 1. The molecule has 0 radical (unpaired) electrons. The fourth-order valence-electron chi connectivity index (χ4n) is 2.80. The van der Waals surface area contributed by atoms with E-state index in [9.17, 15) is 14.4 Å². The van der Waals surface area contributed by atoms with Gasteiger partial charge in [-0.05, 0) is 24.3 Å². The molecule has 0 saturated heterocycles. The summed E-state index contributed by atoms with van der Waals surface area (Å²) in [5, 5.41) is 5.35. The predicted molar refractivity (Wildman–Crippen MR) is 99.0 cm³/mol. The van der Waals surface area contributed by atoms with E-state index in [2.05, 4.69) is 15.3 Å². The van der Waals surface area contributed by atoms with Crippen LogP contribution in [0.1, 0.15) is 25.7 Å². The highest BCUT2D eigenvalue weighted by molar-refractivity contribution is 7.09. The first-order chi connectivity index (χ1) is 13.1. The third kappa shape index (κ3) is 3.34. The molecule has 27 heavy (non-hydrogen) atoms. The van der Waals surface area contributed by atoms with Gasteiger partial charge in [0.05, 0.1) is 23.4 Å². The third-order valence-electron chi connectivity index (χ3n) is 4.14. The molecular formula is C19H14N4O3S. The maximum atomic E-state index is 12.3. The van der Waals surface area contributed by atoms with Crippen molar-refractivity contribution in [1.29, 1.82) is 0 Å². The number of nitrogens with one attached hydrogen (secondary N) is 1. The summed E-state index contributed by atoms with van der Waals surface area (Å²) in [5.74, 6) is -1.30. The molecule has 3 heterocycles. The standard InChI is InChI=1S/C19H14N4O3S/c24-16(10-23-18(25)13-3-1-2-4-14(13)19(23)26)21-9-17-22-15(11-27-17)12-5-7-20-8-6-12/h1-8,11H,9-10H2,(H,21,24). The summed E-state index contributed by atoms with van der Waals surface area (Å²) in [5.41, 5.74) is 2.42. The second-order valence-electron chi connectivity index (χ2n) is 5.88. The van der Waals surface area contributed by atoms with E-state index in [1.807, 2.05) is 17.5 Å². The minimum Gasteiger partial charge on any atom is -0.348 e. The van der Waals surface area contributed by atoms with E-state index >= 15 is 0 Å². The zero-order valence-corrected chi connectivity index (χ0v) is 14.9. The van der Waals surface area contributed by atoms with Crippen molar-refractivity contribution in [3.8, 4) is 11.3 Å². The molecule has 3 amide bonds. The number of carbonyl (C=O) groups excluding carboxylic acids is 3. The van der Waals surface area contributed by atoms with Crippen LogP contribution >= 0.6 is 11.3 Å². The van der Waals surface area contributed by atoms with Gasteiger partial charge in [0.15, 0.2) is 0 Å². The Kier molecular flexibility index (Phi) is 4.47. The van der Waals surface area contributed by atoms with Gasteiger partial charge in [0, 0.05) is 23.3 Å². The number of imide groups is 1. The summed E-state index contributed by atoms with van der Waals surface area (Å²) in [7, 11) is 0. The Morgan fingerprint density at radius 1 is 1.04 bits per heavy atom. The molecule has 0 atom stereocenters. The van der Waals surface area contributed by atoms with Crippen LogP contribution < -0.4 is 5.32 Å². The van der Waals surface area contributed by atoms with Crippen molar-refractivity contribution >= 4 is 29.1 Å². The molecule has 0 bridgehead atoms. The van der Waals surface area contributed by atoms with E-state index in [1.165, 1.54) is 11.3 Å². The maximum Gasteiger partial charge on any atom is 0.262 e. The highest BCUT2D eigenvalue weighted by Crippen LogP contribution is 2.22. The number of fused-ring (bicyclic) bond motifs is 1. The van der Waals surface area contributed by atoms with Gasteiger partial charge in [0.1, 0.15) is 11.6 Å². The van der Waals surface area contributed by atoms with Crippen molar-refractivity contribution in [2.24, 2.45) is 0 Å². The lowest BCUT2D eigenvalue weighted by Crippen LogP contribution is -2.40. The molecule has 1 aliphatic rings. The van der Waals surface area contributed by atoms with Crippen molar-refractivity contribution < 1.29 is 14.4 Å². The Bertz CT molecular complexity index is 997. The van der Waals surface area contributed by atoms with Gasteiger partial charge in [-0.1, -0.05) is 12.1 Å². The van der Waals surface area contributed by atoms with Crippen LogP contribution in [0.5, 0.6) is 0 Å². The van der Waals surface area contributed by atoms with Gasteiger partial charge in [-0.3, -0.25) is 24.3 Å². The van der Waals surface area contributed by atoms with Gasteiger partial charge in [-0.25, -0.2) is 4.98 Å². The summed E-state index contributed by atoms with van der Waals surface area (Å²) >= 11 is 1.43. The zero-order chi connectivity index (χ0) is 18.8. The van der Waals surface area contributed by atoms with E-state index in [1.54, 1.807) is 36.7 Å². The van der Waals surface area contributed by atoms with Crippen LogP contribution in [0.4, 0.5) is 0 Å². The lowest BCUT2D eigenvalue weighted by Gasteiger charge is -2.13. The number of aromatic nitrogens is 2. The summed E-state index contributed by atoms with van der Waals surface area (Å²) in [6.07, 6.45) is 3.39. The number of carbonyl (C=O) groups is 3. The highest BCUT2D eigenvalue weighted by atomic mass is 32.1. The first-order valence-corrected chi connectivity index (χ1v) is 9.08. The first kappa shape index (κ1) is 17.0. The normalized spacial score (nSPS) is 13.0. The molecule has 1 N–H and O–H groups in total. The Labute approximate surface area is 158 Å². The van der Waals surface area contributed by atoms with Gasteiger partial charge in [0.25, 0.3) is 11.8 Å².